The van der Waals surface area contributed by atoms with Crippen LogP contribution in [0.1, 0.15) is 18.1 Å². The molecule has 2 aromatic carbocycles. The third-order valence-electron chi connectivity index (χ3n) is 3.77. The number of benzene rings is 2. The fourth-order valence-electron chi connectivity index (χ4n) is 2.56. The number of carbonyl (C=O) groups is 2. The minimum atomic E-state index is -0.280. The van der Waals surface area contributed by atoms with Gasteiger partial charge in [-0.1, -0.05) is 34.1 Å². The molecule has 3 rings (SSSR count). The van der Waals surface area contributed by atoms with Crippen LogP contribution in [0.4, 0.5) is 4.79 Å². The molecule has 0 N–H and O–H groups in total. The Morgan fingerprint density at radius 3 is 2.67 bits per heavy atom. The first kappa shape index (κ1) is 21.1. The van der Waals surface area contributed by atoms with Gasteiger partial charge in [-0.3, -0.25) is 14.5 Å². The number of nitrogens with zero attached hydrogens (tertiary/aromatic N) is 1. The standard InChI is InChI=1S/C19H14BrI2NO3S/c1-2-26-17-12(7-13(21)9-15(17)22)8-16-18(24)23(19(25)27-16)10-11-5-3-4-6-14(11)20/h3-9H,2,10H2,1H3/b16-8-. The number of rotatable bonds is 5. The summed E-state index contributed by atoms with van der Waals surface area (Å²) < 4.78 is 8.64. The van der Waals surface area contributed by atoms with Crippen molar-refractivity contribution in [2.24, 2.45) is 0 Å². The Balaban J connectivity index is 1.92. The Labute approximate surface area is 197 Å². The molecular weight excluding hydrogens is 656 g/mol. The molecule has 0 bridgehead atoms. The van der Waals surface area contributed by atoms with Gasteiger partial charge in [-0.15, -0.1) is 0 Å². The van der Waals surface area contributed by atoms with Crippen LogP contribution in [0.15, 0.2) is 45.8 Å². The average molecular weight is 670 g/mol. The van der Waals surface area contributed by atoms with E-state index in [9.17, 15) is 9.59 Å². The molecule has 0 aromatic heterocycles. The zero-order valence-corrected chi connectivity index (χ0v) is 20.9. The van der Waals surface area contributed by atoms with Crippen LogP contribution >= 0.6 is 72.9 Å². The van der Waals surface area contributed by atoms with Gasteiger partial charge in [0.25, 0.3) is 11.1 Å². The third kappa shape index (κ3) is 4.88. The SMILES string of the molecule is CCOc1c(I)cc(I)cc1/C=C1\SC(=O)N(Cc2ccccc2Br)C1=O. The molecule has 0 atom stereocenters. The van der Waals surface area contributed by atoms with Crippen molar-refractivity contribution in [1.82, 2.24) is 4.90 Å². The van der Waals surface area contributed by atoms with Gasteiger partial charge < -0.3 is 4.74 Å². The molecule has 8 heteroatoms. The summed E-state index contributed by atoms with van der Waals surface area (Å²) in [5, 5.41) is -0.264. The first-order chi connectivity index (χ1) is 12.9. The van der Waals surface area contributed by atoms with Gasteiger partial charge in [0.15, 0.2) is 0 Å². The van der Waals surface area contributed by atoms with Crippen LogP contribution in [0, 0.1) is 7.14 Å². The predicted molar refractivity (Wildman–Crippen MR) is 129 cm³/mol. The van der Waals surface area contributed by atoms with Crippen LogP contribution in [-0.4, -0.2) is 22.7 Å². The van der Waals surface area contributed by atoms with E-state index in [0.29, 0.717) is 11.5 Å². The highest BCUT2D eigenvalue weighted by atomic mass is 127. The summed E-state index contributed by atoms with van der Waals surface area (Å²) in [6.45, 7) is 2.69. The van der Waals surface area contributed by atoms with Gasteiger partial charge in [-0.2, -0.15) is 0 Å². The lowest BCUT2D eigenvalue weighted by Gasteiger charge is -2.13. The molecule has 1 heterocycles. The lowest BCUT2D eigenvalue weighted by atomic mass is 10.1. The molecule has 140 valence electrons. The van der Waals surface area contributed by atoms with Crippen molar-refractivity contribution in [3.05, 3.63) is 64.0 Å². The summed E-state index contributed by atoms with van der Waals surface area (Å²) in [7, 11) is 0. The van der Waals surface area contributed by atoms with Gasteiger partial charge in [0.1, 0.15) is 5.75 Å². The Kier molecular flexibility index (Phi) is 7.25. The topological polar surface area (TPSA) is 46.6 Å². The maximum Gasteiger partial charge on any atom is 0.293 e. The summed E-state index contributed by atoms with van der Waals surface area (Å²) in [5.41, 5.74) is 1.69. The number of thioether (sulfide) groups is 1. The molecule has 0 unspecified atom stereocenters. The third-order valence-corrected chi connectivity index (χ3v) is 6.88. The Hall–Kier alpha value is -0.590. The van der Waals surface area contributed by atoms with Gasteiger partial charge in [0, 0.05) is 13.6 Å². The van der Waals surface area contributed by atoms with Crippen LogP contribution in [0.3, 0.4) is 0 Å². The van der Waals surface area contributed by atoms with Crippen LogP contribution in [0.25, 0.3) is 6.08 Å². The van der Waals surface area contributed by atoms with Crippen molar-refractivity contribution in [1.29, 1.82) is 0 Å². The summed E-state index contributed by atoms with van der Waals surface area (Å²) >= 11 is 8.88. The van der Waals surface area contributed by atoms with Crippen molar-refractivity contribution >= 4 is 90.1 Å². The van der Waals surface area contributed by atoms with Crippen LogP contribution in [-0.2, 0) is 11.3 Å². The second-order valence-corrected chi connectivity index (χ2v) is 9.85. The van der Waals surface area contributed by atoms with E-state index >= 15 is 0 Å². The van der Waals surface area contributed by atoms with E-state index in [4.69, 9.17) is 4.74 Å². The average Bonchev–Trinajstić information content (AvgIpc) is 2.87. The summed E-state index contributed by atoms with van der Waals surface area (Å²) in [6.07, 6.45) is 1.75. The number of amides is 2. The predicted octanol–water partition coefficient (Wildman–Crippen LogP) is 6.29. The normalized spacial score (nSPS) is 15.7. The molecular formula is C19H14BrI2NO3S. The van der Waals surface area contributed by atoms with Crippen LogP contribution in [0.5, 0.6) is 5.75 Å². The number of carbonyl (C=O) groups excluding carboxylic acids is 2. The van der Waals surface area contributed by atoms with Crippen molar-refractivity contribution < 1.29 is 14.3 Å². The molecule has 4 nitrogen and oxygen atoms in total. The Morgan fingerprint density at radius 2 is 1.96 bits per heavy atom. The van der Waals surface area contributed by atoms with Gasteiger partial charge >= 0.3 is 0 Å². The van der Waals surface area contributed by atoms with E-state index in [1.807, 2.05) is 43.3 Å². The number of halogens is 3. The zero-order valence-electron chi connectivity index (χ0n) is 14.2. The molecule has 2 aromatic rings. The maximum absolute atomic E-state index is 12.8. The van der Waals surface area contributed by atoms with E-state index < -0.39 is 0 Å². The Bertz CT molecular complexity index is 949. The summed E-state index contributed by atoms with van der Waals surface area (Å²) in [6, 6.07) is 11.5. The van der Waals surface area contributed by atoms with E-state index in [-0.39, 0.29) is 17.7 Å². The highest BCUT2D eigenvalue weighted by molar-refractivity contribution is 14.1. The van der Waals surface area contributed by atoms with Gasteiger partial charge in [-0.25, -0.2) is 0 Å². The molecule has 27 heavy (non-hydrogen) atoms. The lowest BCUT2D eigenvalue weighted by molar-refractivity contribution is -0.123. The smallest absolute Gasteiger partial charge is 0.293 e. The van der Waals surface area contributed by atoms with Crippen LogP contribution in [0.2, 0.25) is 0 Å². The van der Waals surface area contributed by atoms with E-state index in [0.717, 1.165) is 40.3 Å². The van der Waals surface area contributed by atoms with Crippen LogP contribution < -0.4 is 4.74 Å². The van der Waals surface area contributed by atoms with E-state index in [2.05, 4.69) is 61.1 Å². The molecule has 1 aliphatic heterocycles. The van der Waals surface area contributed by atoms with Crippen molar-refractivity contribution in [3.8, 4) is 5.75 Å². The molecule has 0 spiro atoms. The molecule has 1 fully saturated rings. The molecule has 1 saturated heterocycles. The van der Waals surface area contributed by atoms with Crippen molar-refractivity contribution in [3.63, 3.8) is 0 Å². The highest BCUT2D eigenvalue weighted by Gasteiger charge is 2.35. The minimum absolute atomic E-state index is 0.242. The molecule has 0 radical (unpaired) electrons. The molecule has 1 aliphatic rings. The van der Waals surface area contributed by atoms with Crippen molar-refractivity contribution in [2.45, 2.75) is 13.5 Å². The zero-order chi connectivity index (χ0) is 19.6. The van der Waals surface area contributed by atoms with Gasteiger partial charge in [0.2, 0.25) is 0 Å². The maximum atomic E-state index is 12.8. The molecule has 0 aliphatic carbocycles. The fraction of sp³-hybridized carbons (Fsp3) is 0.158. The highest BCUT2D eigenvalue weighted by Crippen LogP contribution is 2.37. The first-order valence-corrected chi connectivity index (χ1v) is 11.8. The fourth-order valence-corrected chi connectivity index (χ4v) is 5.84. The minimum Gasteiger partial charge on any atom is -0.492 e. The number of hydrogen-bond acceptors (Lipinski definition) is 4. The van der Waals surface area contributed by atoms with Crippen molar-refractivity contribution in [2.75, 3.05) is 6.61 Å². The Morgan fingerprint density at radius 1 is 1.22 bits per heavy atom. The quantitative estimate of drug-likeness (QED) is 0.277. The summed E-state index contributed by atoms with van der Waals surface area (Å²) in [5.74, 6) is 0.452. The monoisotopic (exact) mass is 669 g/mol. The van der Waals surface area contributed by atoms with E-state index in [1.165, 1.54) is 4.90 Å². The second-order valence-electron chi connectivity index (χ2n) is 5.60. The van der Waals surface area contributed by atoms with E-state index in [1.54, 1.807) is 6.08 Å². The van der Waals surface area contributed by atoms with Gasteiger partial charge in [-0.05, 0) is 93.7 Å². The molecule has 0 saturated carbocycles. The summed E-state index contributed by atoms with van der Waals surface area (Å²) in [4.78, 5) is 26.9. The lowest BCUT2D eigenvalue weighted by Crippen LogP contribution is -2.27. The number of hydrogen-bond donors (Lipinski definition) is 0. The molecule has 2 amide bonds. The van der Waals surface area contributed by atoms with Gasteiger partial charge in [0.05, 0.1) is 21.6 Å². The number of imide groups is 1. The first-order valence-electron chi connectivity index (χ1n) is 8.01. The largest absolute Gasteiger partial charge is 0.492 e. The number of ether oxygens (including phenoxy) is 1. The second kappa shape index (κ2) is 9.27.